The molecule has 1 aliphatic rings. The van der Waals surface area contributed by atoms with Crippen LogP contribution in [0.15, 0.2) is 40.0 Å². The third-order valence-electron chi connectivity index (χ3n) is 3.16. The summed E-state index contributed by atoms with van der Waals surface area (Å²) in [6.45, 7) is 1.68. The van der Waals surface area contributed by atoms with E-state index in [1.165, 1.54) is 0 Å². The van der Waals surface area contributed by atoms with E-state index in [2.05, 4.69) is 34.0 Å². The lowest BCUT2D eigenvalue weighted by molar-refractivity contribution is 0.506. The Morgan fingerprint density at radius 1 is 1.43 bits per heavy atom. The van der Waals surface area contributed by atoms with Crippen LogP contribution in [0.4, 0.5) is 0 Å². The summed E-state index contributed by atoms with van der Waals surface area (Å²) >= 11 is 1.82. The molecule has 0 saturated heterocycles. The second-order valence-electron chi connectivity index (χ2n) is 4.76. The maximum atomic E-state index is 5.33. The molecule has 0 amide bonds. The number of guanidine groups is 1. The SMILES string of the molecule is CSCCN=C(NCCc1ccco1)NC1CC=CC1.I. The van der Waals surface area contributed by atoms with Crippen molar-refractivity contribution in [2.24, 2.45) is 4.99 Å². The van der Waals surface area contributed by atoms with Crippen LogP contribution in [-0.2, 0) is 6.42 Å². The van der Waals surface area contributed by atoms with Gasteiger partial charge in [-0.15, -0.1) is 24.0 Å². The number of hydrogen-bond acceptors (Lipinski definition) is 3. The van der Waals surface area contributed by atoms with Crippen molar-refractivity contribution in [3.8, 4) is 0 Å². The Morgan fingerprint density at radius 3 is 2.90 bits per heavy atom. The summed E-state index contributed by atoms with van der Waals surface area (Å²) in [5.41, 5.74) is 0. The number of halogens is 1. The molecule has 0 bridgehead atoms. The summed E-state index contributed by atoms with van der Waals surface area (Å²) in [7, 11) is 0. The summed E-state index contributed by atoms with van der Waals surface area (Å²) < 4.78 is 5.33. The smallest absolute Gasteiger partial charge is 0.191 e. The first kappa shape index (κ1) is 18.4. The average Bonchev–Trinajstić information content (AvgIpc) is 3.12. The average molecular weight is 421 g/mol. The minimum atomic E-state index is 0. The number of nitrogens with one attached hydrogen (secondary N) is 2. The Labute approximate surface area is 148 Å². The molecule has 1 heterocycles. The fourth-order valence-corrected chi connectivity index (χ4v) is 2.36. The predicted octanol–water partition coefficient (Wildman–Crippen LogP) is 3.06. The van der Waals surface area contributed by atoms with Gasteiger partial charge >= 0.3 is 0 Å². The van der Waals surface area contributed by atoms with E-state index in [4.69, 9.17) is 4.42 Å². The molecular weight excluding hydrogens is 397 g/mol. The van der Waals surface area contributed by atoms with Gasteiger partial charge in [-0.2, -0.15) is 11.8 Å². The standard InChI is InChI=1S/C15H23N3OS.HI/c1-20-12-10-17-15(18-13-5-2-3-6-13)16-9-8-14-7-4-11-19-14;/h2-4,7,11,13H,5-6,8-10,12H2,1H3,(H2,16,17,18);1H. The molecule has 0 atom stereocenters. The van der Waals surface area contributed by atoms with E-state index in [1.807, 2.05) is 23.9 Å². The molecule has 21 heavy (non-hydrogen) atoms. The van der Waals surface area contributed by atoms with Crippen LogP contribution < -0.4 is 10.6 Å². The first-order valence-electron chi connectivity index (χ1n) is 7.09. The Bertz CT molecular complexity index is 426. The fraction of sp³-hybridized carbons (Fsp3) is 0.533. The second-order valence-corrected chi connectivity index (χ2v) is 5.75. The molecule has 0 aliphatic heterocycles. The van der Waals surface area contributed by atoms with Crippen LogP contribution in [0.3, 0.4) is 0 Å². The predicted molar refractivity (Wildman–Crippen MR) is 102 cm³/mol. The third-order valence-corrected chi connectivity index (χ3v) is 3.75. The highest BCUT2D eigenvalue weighted by Gasteiger charge is 2.11. The molecule has 0 aromatic carbocycles. The van der Waals surface area contributed by atoms with Gasteiger partial charge in [0.1, 0.15) is 5.76 Å². The zero-order valence-electron chi connectivity index (χ0n) is 12.4. The number of nitrogens with zero attached hydrogens (tertiary/aromatic N) is 1. The first-order chi connectivity index (χ1) is 9.88. The van der Waals surface area contributed by atoms with Crippen molar-refractivity contribution in [2.75, 3.05) is 25.1 Å². The number of rotatable bonds is 7. The summed E-state index contributed by atoms with van der Waals surface area (Å²) in [6, 6.07) is 4.41. The van der Waals surface area contributed by atoms with E-state index >= 15 is 0 Å². The molecule has 0 saturated carbocycles. The van der Waals surface area contributed by atoms with Gasteiger partial charge in [-0.3, -0.25) is 4.99 Å². The highest BCUT2D eigenvalue weighted by molar-refractivity contribution is 14.0. The van der Waals surface area contributed by atoms with Gasteiger partial charge in [-0.1, -0.05) is 12.2 Å². The molecule has 1 aromatic rings. The van der Waals surface area contributed by atoms with Crippen molar-refractivity contribution in [3.05, 3.63) is 36.3 Å². The molecule has 0 unspecified atom stereocenters. The molecule has 1 aliphatic carbocycles. The van der Waals surface area contributed by atoms with Crippen LogP contribution in [0.25, 0.3) is 0 Å². The van der Waals surface area contributed by atoms with Crippen molar-refractivity contribution >= 4 is 41.7 Å². The van der Waals surface area contributed by atoms with Crippen molar-refractivity contribution in [3.63, 3.8) is 0 Å². The van der Waals surface area contributed by atoms with E-state index in [9.17, 15) is 0 Å². The second kappa shape index (κ2) is 11.0. The Balaban J connectivity index is 0.00000220. The number of furan rings is 1. The van der Waals surface area contributed by atoms with Crippen LogP contribution in [0.1, 0.15) is 18.6 Å². The van der Waals surface area contributed by atoms with E-state index in [0.717, 1.165) is 49.8 Å². The van der Waals surface area contributed by atoms with Crippen molar-refractivity contribution in [1.82, 2.24) is 10.6 Å². The topological polar surface area (TPSA) is 49.6 Å². The lowest BCUT2D eigenvalue weighted by Crippen LogP contribution is -2.43. The molecule has 1 aromatic heterocycles. The minimum absolute atomic E-state index is 0. The van der Waals surface area contributed by atoms with Crippen LogP contribution >= 0.6 is 35.7 Å². The summed E-state index contributed by atoms with van der Waals surface area (Å²) in [5.74, 6) is 2.97. The lowest BCUT2D eigenvalue weighted by atomic mass is 10.2. The molecule has 0 fully saturated rings. The monoisotopic (exact) mass is 421 g/mol. The molecule has 4 nitrogen and oxygen atoms in total. The van der Waals surface area contributed by atoms with Gasteiger partial charge in [0.15, 0.2) is 5.96 Å². The lowest BCUT2D eigenvalue weighted by Gasteiger charge is -2.17. The van der Waals surface area contributed by atoms with Crippen molar-refractivity contribution in [2.45, 2.75) is 25.3 Å². The van der Waals surface area contributed by atoms with Crippen LogP contribution in [0.5, 0.6) is 0 Å². The zero-order chi connectivity index (χ0) is 14.0. The van der Waals surface area contributed by atoms with E-state index in [0.29, 0.717) is 6.04 Å². The molecular formula is C15H24IN3OS. The Hall–Kier alpha value is -0.630. The highest BCUT2D eigenvalue weighted by Crippen LogP contribution is 2.08. The van der Waals surface area contributed by atoms with Gasteiger partial charge in [0.25, 0.3) is 0 Å². The van der Waals surface area contributed by atoms with Gasteiger partial charge < -0.3 is 15.1 Å². The van der Waals surface area contributed by atoms with Crippen molar-refractivity contribution in [1.29, 1.82) is 0 Å². The summed E-state index contributed by atoms with van der Waals surface area (Å²) in [5, 5.41) is 6.88. The maximum Gasteiger partial charge on any atom is 0.191 e. The Morgan fingerprint density at radius 2 is 2.24 bits per heavy atom. The summed E-state index contributed by atoms with van der Waals surface area (Å²) in [6.07, 6.45) is 11.3. The molecule has 0 spiro atoms. The van der Waals surface area contributed by atoms with Gasteiger partial charge in [0.2, 0.25) is 0 Å². The number of thioether (sulfide) groups is 1. The van der Waals surface area contributed by atoms with E-state index < -0.39 is 0 Å². The molecule has 118 valence electrons. The van der Waals surface area contributed by atoms with Gasteiger partial charge in [-0.25, -0.2) is 0 Å². The van der Waals surface area contributed by atoms with E-state index in [1.54, 1.807) is 6.26 Å². The number of hydrogen-bond donors (Lipinski definition) is 2. The first-order valence-corrected chi connectivity index (χ1v) is 8.49. The molecule has 6 heteroatoms. The van der Waals surface area contributed by atoms with Crippen LogP contribution in [-0.4, -0.2) is 37.1 Å². The van der Waals surface area contributed by atoms with Crippen LogP contribution in [0.2, 0.25) is 0 Å². The van der Waals surface area contributed by atoms with Gasteiger partial charge in [0, 0.05) is 24.8 Å². The van der Waals surface area contributed by atoms with E-state index in [-0.39, 0.29) is 24.0 Å². The Kier molecular flexibility index (Phi) is 9.65. The van der Waals surface area contributed by atoms with Crippen molar-refractivity contribution < 1.29 is 4.42 Å². The van der Waals surface area contributed by atoms with Crippen LogP contribution in [0, 0.1) is 0 Å². The fourth-order valence-electron chi connectivity index (χ4n) is 2.09. The number of aliphatic imine (C=N–C) groups is 1. The van der Waals surface area contributed by atoms with Gasteiger partial charge in [0.05, 0.1) is 12.8 Å². The summed E-state index contributed by atoms with van der Waals surface area (Å²) in [4.78, 5) is 4.61. The minimum Gasteiger partial charge on any atom is -0.469 e. The van der Waals surface area contributed by atoms with Gasteiger partial charge in [-0.05, 0) is 31.2 Å². The molecule has 2 rings (SSSR count). The normalized spacial score (nSPS) is 15.0. The third kappa shape index (κ3) is 7.26. The quantitative estimate of drug-likeness (QED) is 0.234. The molecule has 0 radical (unpaired) electrons. The zero-order valence-corrected chi connectivity index (χ0v) is 15.5. The highest BCUT2D eigenvalue weighted by atomic mass is 127. The molecule has 2 N–H and O–H groups in total. The maximum absolute atomic E-state index is 5.33. The largest absolute Gasteiger partial charge is 0.469 e.